The number of amides is 1. The molecule has 2 saturated heterocycles. The molecule has 1 aromatic carbocycles. The number of morpholine rings is 1. The molecule has 2 unspecified atom stereocenters. The number of carbonyl (C=O) groups excluding carboxylic acids is 1. The molecule has 2 heterocycles. The largest absolute Gasteiger partial charge is 0.373 e. The van der Waals surface area contributed by atoms with Gasteiger partial charge in [-0.1, -0.05) is 12.1 Å². The lowest BCUT2D eigenvalue weighted by Gasteiger charge is -2.39. The van der Waals surface area contributed by atoms with Crippen molar-refractivity contribution in [3.8, 4) is 0 Å². The average Bonchev–Trinajstić information content (AvgIpc) is 3.55. The van der Waals surface area contributed by atoms with Crippen LogP contribution in [0.4, 0.5) is 0 Å². The summed E-state index contributed by atoms with van der Waals surface area (Å²) in [7, 11) is -3.42. The Labute approximate surface area is 192 Å². The van der Waals surface area contributed by atoms with Crippen LogP contribution in [0.1, 0.15) is 51.5 Å². The summed E-state index contributed by atoms with van der Waals surface area (Å²) < 4.78 is 33.1. The third-order valence-corrected chi connectivity index (χ3v) is 8.28. The van der Waals surface area contributed by atoms with E-state index in [2.05, 4.69) is 23.5 Å². The Morgan fingerprint density at radius 2 is 1.66 bits per heavy atom. The van der Waals surface area contributed by atoms with E-state index in [0.29, 0.717) is 35.9 Å². The van der Waals surface area contributed by atoms with Gasteiger partial charge in [0.05, 0.1) is 17.1 Å². The highest BCUT2D eigenvalue weighted by Crippen LogP contribution is 2.23. The number of hydrogen-bond donors (Lipinski definition) is 1. The summed E-state index contributed by atoms with van der Waals surface area (Å²) in [6, 6.07) is 7.03. The second kappa shape index (κ2) is 10.2. The first-order valence-electron chi connectivity index (χ1n) is 12.1. The Hall–Kier alpha value is -1.48. The Bertz CT molecular complexity index is 867. The SMILES string of the molecule is CC1CN(CC2CCN(C(=O)CCc3ccc(S(=O)(=O)NC4CC4)cc3)CC2)CC(C)O1. The molecule has 7 nitrogen and oxygen atoms in total. The van der Waals surface area contributed by atoms with Gasteiger partial charge in [-0.25, -0.2) is 13.1 Å². The Kier molecular flexibility index (Phi) is 7.54. The molecule has 4 rings (SSSR count). The standard InChI is InChI=1S/C24H37N3O4S/c1-18-15-26(16-19(2)31-18)17-21-11-13-27(14-12-21)24(28)10-5-20-3-8-23(9-4-20)32(29,30)25-22-6-7-22/h3-4,8-9,18-19,21-22,25H,5-7,10-17H2,1-2H3. The quantitative estimate of drug-likeness (QED) is 0.641. The Morgan fingerprint density at radius 3 is 2.25 bits per heavy atom. The highest BCUT2D eigenvalue weighted by atomic mass is 32.2. The first-order chi connectivity index (χ1) is 15.3. The van der Waals surface area contributed by atoms with Crippen molar-refractivity contribution in [3.63, 3.8) is 0 Å². The third kappa shape index (κ3) is 6.53. The maximum atomic E-state index is 12.7. The van der Waals surface area contributed by atoms with E-state index < -0.39 is 10.0 Å². The van der Waals surface area contributed by atoms with Crippen LogP contribution in [0.5, 0.6) is 0 Å². The van der Waals surface area contributed by atoms with Gasteiger partial charge in [0.2, 0.25) is 15.9 Å². The Balaban J connectivity index is 1.19. The second-order valence-electron chi connectivity index (χ2n) is 9.84. The summed E-state index contributed by atoms with van der Waals surface area (Å²) in [4.78, 5) is 17.5. The van der Waals surface area contributed by atoms with Crippen molar-refractivity contribution >= 4 is 15.9 Å². The number of benzene rings is 1. The fraction of sp³-hybridized carbons (Fsp3) is 0.708. The first-order valence-corrected chi connectivity index (χ1v) is 13.5. The summed E-state index contributed by atoms with van der Waals surface area (Å²) in [6.45, 7) is 9.06. The lowest BCUT2D eigenvalue weighted by molar-refractivity contribution is -0.132. The van der Waals surface area contributed by atoms with Gasteiger partial charge < -0.3 is 9.64 Å². The van der Waals surface area contributed by atoms with E-state index in [1.165, 1.54) is 0 Å². The zero-order valence-electron chi connectivity index (χ0n) is 19.3. The van der Waals surface area contributed by atoms with Crippen molar-refractivity contribution in [1.29, 1.82) is 0 Å². The molecule has 0 bridgehead atoms. The van der Waals surface area contributed by atoms with Crippen molar-refractivity contribution in [1.82, 2.24) is 14.5 Å². The number of carbonyl (C=O) groups is 1. The molecule has 1 aromatic rings. The van der Waals surface area contributed by atoms with Gasteiger partial charge in [-0.3, -0.25) is 9.69 Å². The van der Waals surface area contributed by atoms with Crippen LogP contribution in [0.25, 0.3) is 0 Å². The van der Waals surface area contributed by atoms with Crippen LogP contribution >= 0.6 is 0 Å². The van der Waals surface area contributed by atoms with Gasteiger partial charge >= 0.3 is 0 Å². The molecular weight excluding hydrogens is 426 g/mol. The molecule has 32 heavy (non-hydrogen) atoms. The average molecular weight is 464 g/mol. The van der Waals surface area contributed by atoms with Crippen LogP contribution in [0.15, 0.2) is 29.2 Å². The molecule has 0 spiro atoms. The van der Waals surface area contributed by atoms with Crippen LogP contribution in [-0.4, -0.2) is 75.1 Å². The minimum atomic E-state index is -3.42. The molecule has 3 aliphatic rings. The van der Waals surface area contributed by atoms with Gasteiger partial charge in [0.25, 0.3) is 0 Å². The number of ether oxygens (including phenoxy) is 1. The van der Waals surface area contributed by atoms with Crippen LogP contribution in [0, 0.1) is 5.92 Å². The lowest BCUT2D eigenvalue weighted by Crippen LogP contribution is -2.48. The van der Waals surface area contributed by atoms with E-state index in [-0.39, 0.29) is 11.9 Å². The highest BCUT2D eigenvalue weighted by Gasteiger charge is 2.29. The zero-order valence-corrected chi connectivity index (χ0v) is 20.1. The maximum absolute atomic E-state index is 12.7. The number of nitrogens with zero attached hydrogens (tertiary/aromatic N) is 2. The molecule has 2 aliphatic heterocycles. The summed E-state index contributed by atoms with van der Waals surface area (Å²) in [5.41, 5.74) is 0.995. The minimum Gasteiger partial charge on any atom is -0.373 e. The monoisotopic (exact) mass is 463 g/mol. The van der Waals surface area contributed by atoms with Crippen LogP contribution in [-0.2, 0) is 26.0 Å². The van der Waals surface area contributed by atoms with Gasteiger partial charge in [-0.05, 0) is 69.6 Å². The van der Waals surface area contributed by atoms with Crippen LogP contribution in [0.3, 0.4) is 0 Å². The van der Waals surface area contributed by atoms with Crippen molar-refractivity contribution in [3.05, 3.63) is 29.8 Å². The molecule has 8 heteroatoms. The number of rotatable bonds is 8. The summed E-state index contributed by atoms with van der Waals surface area (Å²) in [6.07, 6.45) is 5.66. The molecule has 1 saturated carbocycles. The van der Waals surface area contributed by atoms with Gasteiger partial charge in [0.1, 0.15) is 0 Å². The first kappa shape index (κ1) is 23.7. The number of likely N-dealkylation sites (tertiary alicyclic amines) is 1. The Morgan fingerprint density at radius 1 is 1.03 bits per heavy atom. The molecule has 178 valence electrons. The summed E-state index contributed by atoms with van der Waals surface area (Å²) in [5.74, 6) is 0.847. The van der Waals surface area contributed by atoms with Gasteiger partial charge in [-0.15, -0.1) is 0 Å². The second-order valence-corrected chi connectivity index (χ2v) is 11.6. The number of sulfonamides is 1. The number of nitrogens with one attached hydrogen (secondary N) is 1. The van der Waals surface area contributed by atoms with E-state index in [4.69, 9.17) is 4.74 Å². The van der Waals surface area contributed by atoms with Gasteiger partial charge in [0, 0.05) is 45.2 Å². The molecule has 1 amide bonds. The lowest BCUT2D eigenvalue weighted by atomic mass is 9.95. The van der Waals surface area contributed by atoms with Gasteiger partial charge in [0.15, 0.2) is 0 Å². The van der Waals surface area contributed by atoms with Crippen molar-refractivity contribution in [2.24, 2.45) is 5.92 Å². The predicted molar refractivity (Wildman–Crippen MR) is 124 cm³/mol. The highest BCUT2D eigenvalue weighted by molar-refractivity contribution is 7.89. The van der Waals surface area contributed by atoms with Crippen molar-refractivity contribution < 1.29 is 17.9 Å². The fourth-order valence-corrected chi connectivity index (χ4v) is 6.20. The minimum absolute atomic E-state index is 0.0995. The van der Waals surface area contributed by atoms with E-state index in [9.17, 15) is 13.2 Å². The molecular formula is C24H37N3O4S. The topological polar surface area (TPSA) is 79.0 Å². The summed E-state index contributed by atoms with van der Waals surface area (Å²) in [5, 5.41) is 0. The number of hydrogen-bond acceptors (Lipinski definition) is 5. The molecule has 0 aromatic heterocycles. The maximum Gasteiger partial charge on any atom is 0.240 e. The van der Waals surface area contributed by atoms with E-state index in [1.54, 1.807) is 12.1 Å². The normalized spacial score (nSPS) is 25.8. The number of aryl methyl sites for hydroxylation is 1. The van der Waals surface area contributed by atoms with Crippen molar-refractivity contribution in [2.45, 2.75) is 75.5 Å². The van der Waals surface area contributed by atoms with Crippen molar-refractivity contribution in [2.75, 3.05) is 32.7 Å². The third-order valence-electron chi connectivity index (χ3n) is 6.74. The zero-order chi connectivity index (χ0) is 22.7. The van der Waals surface area contributed by atoms with E-state index in [0.717, 1.165) is 64.0 Å². The predicted octanol–water partition coefficient (Wildman–Crippen LogP) is 2.41. The number of piperidine rings is 1. The fourth-order valence-electron chi connectivity index (χ4n) is 4.90. The van der Waals surface area contributed by atoms with E-state index >= 15 is 0 Å². The smallest absolute Gasteiger partial charge is 0.240 e. The van der Waals surface area contributed by atoms with Gasteiger partial charge in [-0.2, -0.15) is 0 Å². The van der Waals surface area contributed by atoms with Crippen LogP contribution in [0.2, 0.25) is 0 Å². The van der Waals surface area contributed by atoms with E-state index in [1.807, 2.05) is 17.0 Å². The molecule has 2 atom stereocenters. The molecule has 1 N–H and O–H groups in total. The molecule has 3 fully saturated rings. The van der Waals surface area contributed by atoms with Crippen LogP contribution < -0.4 is 4.72 Å². The molecule has 0 radical (unpaired) electrons. The molecule has 1 aliphatic carbocycles. The summed E-state index contributed by atoms with van der Waals surface area (Å²) >= 11 is 0.